The summed E-state index contributed by atoms with van der Waals surface area (Å²) in [6.45, 7) is 1.65. The van der Waals surface area contributed by atoms with Crippen molar-refractivity contribution in [2.24, 2.45) is 0 Å². The van der Waals surface area contributed by atoms with Crippen LogP contribution in [0.1, 0.15) is 36.5 Å². The molecule has 0 fully saturated rings. The molecule has 0 saturated carbocycles. The minimum atomic E-state index is -1.03. The summed E-state index contributed by atoms with van der Waals surface area (Å²) in [6, 6.07) is 27.0. The molecule has 0 aliphatic carbocycles. The number of carbonyl (C=O) groups is 2. The highest BCUT2D eigenvalue weighted by atomic mass is 16.5. The van der Waals surface area contributed by atoms with E-state index in [1.165, 1.54) is 0 Å². The summed E-state index contributed by atoms with van der Waals surface area (Å²) < 4.78 is 11.9. The highest BCUT2D eigenvalue weighted by molar-refractivity contribution is 6.12. The molecule has 1 aromatic heterocycles. The van der Waals surface area contributed by atoms with E-state index in [9.17, 15) is 9.59 Å². The number of rotatable bonds is 9. The van der Waals surface area contributed by atoms with E-state index in [2.05, 4.69) is 6.92 Å². The van der Waals surface area contributed by atoms with Crippen molar-refractivity contribution in [2.75, 3.05) is 6.61 Å². The smallest absolute Gasteiger partial charge is 0.341 e. The molecule has 4 aromatic carbocycles. The van der Waals surface area contributed by atoms with Crippen molar-refractivity contribution in [3.05, 3.63) is 90.5 Å². The minimum Gasteiger partial charge on any atom is -0.481 e. The van der Waals surface area contributed by atoms with Crippen molar-refractivity contribution in [1.29, 1.82) is 0 Å². The molecular weight excluding hydrogens is 452 g/mol. The highest BCUT2D eigenvalue weighted by Crippen LogP contribution is 2.40. The van der Waals surface area contributed by atoms with Gasteiger partial charge in [-0.15, -0.1) is 0 Å². The quantitative estimate of drug-likeness (QED) is 0.219. The van der Waals surface area contributed by atoms with E-state index < -0.39 is 12.6 Å². The SMILES string of the molecule is CCCCC(=O)c1c(-c2ccc3c(-c4ccccc4)c(OCC(=O)O)ccc3c2)oc2ccccc12. The second-order valence-electron chi connectivity index (χ2n) is 8.75. The topological polar surface area (TPSA) is 76.7 Å². The fourth-order valence-electron chi connectivity index (χ4n) is 4.60. The predicted octanol–water partition coefficient (Wildman–Crippen LogP) is 7.76. The molecule has 5 rings (SSSR count). The lowest BCUT2D eigenvalue weighted by Gasteiger charge is -2.14. The number of Topliss-reactive ketones (excluding diaryl/α,β-unsaturated/α-hetero) is 1. The van der Waals surface area contributed by atoms with Crippen molar-refractivity contribution in [1.82, 2.24) is 0 Å². The molecule has 0 spiro atoms. The Morgan fingerprint density at radius 2 is 1.64 bits per heavy atom. The van der Waals surface area contributed by atoms with E-state index in [1.807, 2.05) is 78.9 Å². The Labute approximate surface area is 208 Å². The zero-order valence-electron chi connectivity index (χ0n) is 20.0. The van der Waals surface area contributed by atoms with Crippen LogP contribution in [0.15, 0.2) is 89.3 Å². The monoisotopic (exact) mass is 478 g/mol. The second kappa shape index (κ2) is 10.1. The van der Waals surface area contributed by atoms with Crippen LogP contribution in [0.4, 0.5) is 0 Å². The summed E-state index contributed by atoms with van der Waals surface area (Å²) in [4.78, 5) is 24.4. The van der Waals surface area contributed by atoms with Crippen molar-refractivity contribution in [3.63, 3.8) is 0 Å². The van der Waals surface area contributed by atoms with E-state index in [-0.39, 0.29) is 5.78 Å². The lowest BCUT2D eigenvalue weighted by Crippen LogP contribution is -2.10. The lowest BCUT2D eigenvalue weighted by molar-refractivity contribution is -0.139. The Morgan fingerprint density at radius 1 is 0.861 bits per heavy atom. The number of ketones is 1. The van der Waals surface area contributed by atoms with E-state index in [4.69, 9.17) is 14.3 Å². The number of para-hydroxylation sites is 1. The van der Waals surface area contributed by atoms with Gasteiger partial charge in [0.15, 0.2) is 12.4 Å². The number of unbranched alkanes of at least 4 members (excludes halogenated alkanes) is 1. The zero-order valence-corrected chi connectivity index (χ0v) is 20.0. The first-order chi connectivity index (χ1) is 17.6. The molecule has 36 heavy (non-hydrogen) atoms. The van der Waals surface area contributed by atoms with Crippen LogP contribution in [0, 0.1) is 0 Å². The number of furan rings is 1. The van der Waals surface area contributed by atoms with Gasteiger partial charge in [0.25, 0.3) is 0 Å². The van der Waals surface area contributed by atoms with Crippen molar-refractivity contribution < 1.29 is 23.8 Å². The Hall–Kier alpha value is -4.38. The normalized spacial score (nSPS) is 11.1. The summed E-state index contributed by atoms with van der Waals surface area (Å²) in [5, 5.41) is 11.8. The second-order valence-corrected chi connectivity index (χ2v) is 8.75. The van der Waals surface area contributed by atoms with Crippen molar-refractivity contribution in [3.8, 4) is 28.2 Å². The van der Waals surface area contributed by atoms with Crippen molar-refractivity contribution >= 4 is 33.5 Å². The maximum Gasteiger partial charge on any atom is 0.341 e. The van der Waals surface area contributed by atoms with Gasteiger partial charge in [0.1, 0.15) is 17.1 Å². The van der Waals surface area contributed by atoms with Gasteiger partial charge >= 0.3 is 5.97 Å². The molecule has 180 valence electrons. The molecule has 0 aliphatic rings. The summed E-state index contributed by atoms with van der Waals surface area (Å²) >= 11 is 0. The van der Waals surface area contributed by atoms with Crippen LogP contribution in [0.2, 0.25) is 0 Å². The molecule has 0 saturated heterocycles. The standard InChI is InChI=1S/C31H26O5/c1-2-3-12-25(32)30-24-11-7-8-13-26(24)36-31(30)22-14-16-23-21(18-22)15-17-27(35-19-28(33)34)29(23)20-9-5-4-6-10-20/h4-11,13-18H,2-3,12,19H2,1H3,(H,33,34). The van der Waals surface area contributed by atoms with Gasteiger partial charge in [-0.3, -0.25) is 4.79 Å². The third-order valence-corrected chi connectivity index (χ3v) is 6.29. The number of ether oxygens (including phenoxy) is 1. The average molecular weight is 479 g/mol. The van der Waals surface area contributed by atoms with E-state index in [1.54, 1.807) is 6.07 Å². The Balaban J connectivity index is 1.67. The fourth-order valence-corrected chi connectivity index (χ4v) is 4.60. The Morgan fingerprint density at radius 3 is 2.42 bits per heavy atom. The molecule has 0 aliphatic heterocycles. The molecule has 1 N–H and O–H groups in total. The van der Waals surface area contributed by atoms with Crippen LogP contribution < -0.4 is 4.74 Å². The minimum absolute atomic E-state index is 0.0827. The number of carboxylic acid groups (broad SMARTS) is 1. The molecular formula is C31H26O5. The average Bonchev–Trinajstić information content (AvgIpc) is 3.30. The number of fused-ring (bicyclic) bond motifs is 2. The molecule has 5 nitrogen and oxygen atoms in total. The lowest BCUT2D eigenvalue weighted by atomic mass is 9.94. The fraction of sp³-hybridized carbons (Fsp3) is 0.161. The first-order valence-electron chi connectivity index (χ1n) is 12.1. The van der Waals surface area contributed by atoms with Gasteiger partial charge in [-0.05, 0) is 41.0 Å². The Bertz CT molecular complexity index is 1560. The van der Waals surface area contributed by atoms with Crippen LogP contribution in [0.3, 0.4) is 0 Å². The first-order valence-corrected chi connectivity index (χ1v) is 12.1. The number of carboxylic acids is 1. The predicted molar refractivity (Wildman–Crippen MR) is 142 cm³/mol. The molecule has 0 atom stereocenters. The van der Waals surface area contributed by atoms with Gasteiger partial charge in [-0.1, -0.05) is 80.1 Å². The molecule has 0 amide bonds. The van der Waals surface area contributed by atoms with Gasteiger partial charge in [0.2, 0.25) is 0 Å². The van der Waals surface area contributed by atoms with E-state index in [0.29, 0.717) is 29.1 Å². The van der Waals surface area contributed by atoms with Gasteiger partial charge in [0.05, 0.1) is 5.56 Å². The summed E-state index contributed by atoms with van der Waals surface area (Å²) in [6.07, 6.45) is 2.25. The highest BCUT2D eigenvalue weighted by Gasteiger charge is 2.22. The van der Waals surface area contributed by atoms with Gasteiger partial charge in [0, 0.05) is 22.9 Å². The van der Waals surface area contributed by atoms with Crippen LogP contribution >= 0.6 is 0 Å². The van der Waals surface area contributed by atoms with E-state index in [0.717, 1.165) is 45.7 Å². The number of hydrogen-bond donors (Lipinski definition) is 1. The molecule has 0 unspecified atom stereocenters. The number of hydrogen-bond acceptors (Lipinski definition) is 4. The molecule has 0 bridgehead atoms. The summed E-state index contributed by atoms with van der Waals surface area (Å²) in [5.41, 5.74) is 3.88. The van der Waals surface area contributed by atoms with Crippen LogP contribution in [0.25, 0.3) is 44.2 Å². The van der Waals surface area contributed by atoms with Crippen LogP contribution in [-0.4, -0.2) is 23.5 Å². The zero-order chi connectivity index (χ0) is 25.1. The van der Waals surface area contributed by atoms with Gasteiger partial charge < -0.3 is 14.3 Å². The Kier molecular flexibility index (Phi) is 6.54. The van der Waals surface area contributed by atoms with Gasteiger partial charge in [-0.25, -0.2) is 4.79 Å². The number of aliphatic carboxylic acids is 1. The summed E-state index contributed by atoms with van der Waals surface area (Å²) in [5.74, 6) is 0.128. The molecule has 5 aromatic rings. The maximum atomic E-state index is 13.2. The van der Waals surface area contributed by atoms with Crippen LogP contribution in [-0.2, 0) is 4.79 Å². The van der Waals surface area contributed by atoms with Gasteiger partial charge in [-0.2, -0.15) is 0 Å². The first kappa shape index (κ1) is 23.4. The number of carbonyl (C=O) groups excluding carboxylic acids is 1. The molecule has 5 heteroatoms. The molecule has 1 heterocycles. The van der Waals surface area contributed by atoms with Crippen LogP contribution in [0.5, 0.6) is 5.75 Å². The third-order valence-electron chi connectivity index (χ3n) is 6.29. The van der Waals surface area contributed by atoms with E-state index >= 15 is 0 Å². The summed E-state index contributed by atoms with van der Waals surface area (Å²) in [7, 11) is 0. The number of benzene rings is 4. The largest absolute Gasteiger partial charge is 0.481 e. The third kappa shape index (κ3) is 4.48. The van der Waals surface area contributed by atoms with Crippen molar-refractivity contribution in [2.45, 2.75) is 26.2 Å². The maximum absolute atomic E-state index is 13.2. The molecule has 0 radical (unpaired) electrons.